The molecule has 1 aliphatic rings. The van der Waals surface area contributed by atoms with Gasteiger partial charge in [-0.1, -0.05) is 0 Å². The summed E-state index contributed by atoms with van der Waals surface area (Å²) in [5.41, 5.74) is 1.42. The van der Waals surface area contributed by atoms with Crippen LogP contribution in [-0.2, 0) is 19.6 Å². The molecule has 4 rings (SSSR count). The Morgan fingerprint density at radius 2 is 1.65 bits per heavy atom. The first-order chi connectivity index (χ1) is 16.3. The van der Waals surface area contributed by atoms with Crippen molar-refractivity contribution in [3.05, 3.63) is 48.2 Å². The van der Waals surface area contributed by atoms with Gasteiger partial charge in [-0.05, 0) is 30.3 Å². The standard InChI is InChI=1S/C22H23N3O8S/c26-8-5-24(6-9-27)34(31,32)15-2-4-19-17(12-15)16-3-1-14(11-20(16)33-19)23-18-13-21(29)25(7-10-28)22(18)30/h1-4,11-13,23,26-28H,5-10H2. The summed E-state index contributed by atoms with van der Waals surface area (Å²) in [5.74, 6) is -1.06. The Morgan fingerprint density at radius 3 is 2.32 bits per heavy atom. The lowest BCUT2D eigenvalue weighted by Gasteiger charge is -2.20. The molecule has 180 valence electrons. The molecule has 2 amide bonds. The summed E-state index contributed by atoms with van der Waals surface area (Å²) in [6.45, 7) is -1.48. The highest BCUT2D eigenvalue weighted by molar-refractivity contribution is 7.89. The number of β-amino-alcohol motifs (C(OH)–C–C–N with tert-alkyl or cyclic N) is 1. The molecule has 0 aliphatic carbocycles. The predicted octanol–water partition coefficient (Wildman–Crippen LogP) is 0.218. The first-order valence-corrected chi connectivity index (χ1v) is 11.9. The monoisotopic (exact) mass is 489 g/mol. The summed E-state index contributed by atoms with van der Waals surface area (Å²) in [5, 5.41) is 31.5. The van der Waals surface area contributed by atoms with Crippen molar-refractivity contribution >= 4 is 49.5 Å². The molecule has 1 aliphatic heterocycles. The molecule has 0 atom stereocenters. The number of aliphatic hydroxyl groups is 3. The number of nitrogens with one attached hydrogen (secondary N) is 1. The van der Waals surface area contributed by atoms with Crippen LogP contribution in [0.3, 0.4) is 0 Å². The average molecular weight is 490 g/mol. The zero-order chi connectivity index (χ0) is 24.5. The third-order valence-corrected chi connectivity index (χ3v) is 7.29. The molecular weight excluding hydrogens is 466 g/mol. The number of fused-ring (bicyclic) bond motifs is 3. The first-order valence-electron chi connectivity index (χ1n) is 10.4. The fourth-order valence-electron chi connectivity index (χ4n) is 3.78. The Hall–Kier alpha value is -3.29. The van der Waals surface area contributed by atoms with Crippen molar-refractivity contribution in [3.63, 3.8) is 0 Å². The van der Waals surface area contributed by atoms with E-state index in [2.05, 4.69) is 5.32 Å². The number of nitrogens with zero attached hydrogens (tertiary/aromatic N) is 2. The third-order valence-electron chi connectivity index (χ3n) is 5.39. The molecule has 0 saturated heterocycles. The number of carbonyl (C=O) groups is 2. The topological polar surface area (TPSA) is 161 Å². The molecule has 0 bridgehead atoms. The number of anilines is 1. The van der Waals surface area contributed by atoms with Gasteiger partial charge in [0.1, 0.15) is 16.9 Å². The number of amides is 2. The van der Waals surface area contributed by atoms with Gasteiger partial charge in [0.2, 0.25) is 10.0 Å². The predicted molar refractivity (Wildman–Crippen MR) is 122 cm³/mol. The largest absolute Gasteiger partial charge is 0.456 e. The molecule has 0 unspecified atom stereocenters. The molecule has 11 nitrogen and oxygen atoms in total. The lowest BCUT2D eigenvalue weighted by atomic mass is 10.1. The molecule has 4 N–H and O–H groups in total. The van der Waals surface area contributed by atoms with Crippen LogP contribution < -0.4 is 5.32 Å². The Kier molecular flexibility index (Phi) is 6.68. The molecule has 3 aromatic rings. The minimum Gasteiger partial charge on any atom is -0.456 e. The smallest absolute Gasteiger partial charge is 0.277 e. The second-order valence-electron chi connectivity index (χ2n) is 7.52. The van der Waals surface area contributed by atoms with Crippen LogP contribution in [0.15, 0.2) is 57.5 Å². The molecule has 0 saturated carbocycles. The van der Waals surface area contributed by atoms with Crippen LogP contribution in [-0.4, -0.2) is 84.2 Å². The molecule has 0 radical (unpaired) electrons. The summed E-state index contributed by atoms with van der Waals surface area (Å²) in [4.78, 5) is 25.2. The number of hydrogen-bond acceptors (Lipinski definition) is 9. The highest BCUT2D eigenvalue weighted by Gasteiger charge is 2.30. The number of imide groups is 1. The van der Waals surface area contributed by atoms with Crippen molar-refractivity contribution in [1.29, 1.82) is 0 Å². The molecule has 12 heteroatoms. The van der Waals surface area contributed by atoms with Crippen molar-refractivity contribution < 1.29 is 37.7 Å². The highest BCUT2D eigenvalue weighted by Crippen LogP contribution is 2.33. The van der Waals surface area contributed by atoms with E-state index in [-0.39, 0.29) is 50.0 Å². The van der Waals surface area contributed by atoms with Gasteiger partial charge in [-0.15, -0.1) is 0 Å². The number of hydrogen-bond donors (Lipinski definition) is 4. The second-order valence-corrected chi connectivity index (χ2v) is 9.46. The normalized spacial score (nSPS) is 14.6. The van der Waals surface area contributed by atoms with Crippen molar-refractivity contribution in [2.75, 3.05) is 44.8 Å². The Labute approximate surface area is 194 Å². The van der Waals surface area contributed by atoms with Crippen LogP contribution in [0.2, 0.25) is 0 Å². The third kappa shape index (κ3) is 4.29. The maximum Gasteiger partial charge on any atom is 0.277 e. The van der Waals surface area contributed by atoms with Gasteiger partial charge in [0.25, 0.3) is 11.8 Å². The molecular formula is C22H23N3O8S. The van der Waals surface area contributed by atoms with Gasteiger partial charge < -0.3 is 25.1 Å². The molecule has 0 fully saturated rings. The van der Waals surface area contributed by atoms with Crippen molar-refractivity contribution in [3.8, 4) is 0 Å². The zero-order valence-corrected chi connectivity index (χ0v) is 18.8. The van der Waals surface area contributed by atoms with Crippen LogP contribution in [0.1, 0.15) is 0 Å². The quantitative estimate of drug-likeness (QED) is 0.292. The minimum atomic E-state index is -3.95. The van der Waals surface area contributed by atoms with Crippen LogP contribution in [0.25, 0.3) is 21.9 Å². The van der Waals surface area contributed by atoms with Crippen molar-refractivity contribution in [1.82, 2.24) is 9.21 Å². The van der Waals surface area contributed by atoms with E-state index in [9.17, 15) is 28.2 Å². The lowest BCUT2D eigenvalue weighted by molar-refractivity contribution is -0.137. The van der Waals surface area contributed by atoms with Gasteiger partial charge in [0, 0.05) is 41.7 Å². The van der Waals surface area contributed by atoms with E-state index in [0.717, 1.165) is 15.3 Å². The molecule has 1 aromatic heterocycles. The van der Waals surface area contributed by atoms with Crippen LogP contribution >= 0.6 is 0 Å². The van der Waals surface area contributed by atoms with Crippen molar-refractivity contribution in [2.45, 2.75) is 4.90 Å². The Bertz CT molecular complexity index is 1390. The van der Waals surface area contributed by atoms with E-state index in [4.69, 9.17) is 9.52 Å². The van der Waals surface area contributed by atoms with E-state index < -0.39 is 21.8 Å². The molecule has 34 heavy (non-hydrogen) atoms. The summed E-state index contributed by atoms with van der Waals surface area (Å²) < 4.78 is 32.8. The van der Waals surface area contributed by atoms with Gasteiger partial charge in [-0.25, -0.2) is 8.42 Å². The zero-order valence-electron chi connectivity index (χ0n) is 18.0. The lowest BCUT2D eigenvalue weighted by Crippen LogP contribution is -2.35. The Morgan fingerprint density at radius 1 is 0.912 bits per heavy atom. The average Bonchev–Trinajstić information content (AvgIpc) is 3.30. The van der Waals surface area contributed by atoms with E-state index >= 15 is 0 Å². The number of benzene rings is 2. The van der Waals surface area contributed by atoms with Gasteiger partial charge in [0.05, 0.1) is 31.3 Å². The van der Waals surface area contributed by atoms with E-state index in [1.54, 1.807) is 18.2 Å². The summed E-state index contributed by atoms with van der Waals surface area (Å²) in [6, 6.07) is 9.38. The van der Waals surface area contributed by atoms with E-state index in [1.807, 2.05) is 0 Å². The minimum absolute atomic E-state index is 0.00371. The number of carbonyl (C=O) groups excluding carboxylic acids is 2. The first kappa shape index (κ1) is 23.9. The summed E-state index contributed by atoms with van der Waals surface area (Å²) in [7, 11) is -3.95. The maximum atomic E-state index is 13.0. The molecule has 2 heterocycles. The van der Waals surface area contributed by atoms with Gasteiger partial charge >= 0.3 is 0 Å². The van der Waals surface area contributed by atoms with Crippen LogP contribution in [0.5, 0.6) is 0 Å². The summed E-state index contributed by atoms with van der Waals surface area (Å²) >= 11 is 0. The van der Waals surface area contributed by atoms with Crippen LogP contribution in [0.4, 0.5) is 5.69 Å². The SMILES string of the molecule is O=C1C=C(Nc2ccc3c(c2)oc2ccc(S(=O)(=O)N(CCO)CCO)cc23)C(=O)N1CCO. The Balaban J connectivity index is 1.66. The molecule has 0 spiro atoms. The fourth-order valence-corrected chi connectivity index (χ4v) is 5.23. The van der Waals surface area contributed by atoms with Gasteiger partial charge in [-0.3, -0.25) is 14.5 Å². The summed E-state index contributed by atoms with van der Waals surface area (Å²) in [6.07, 6.45) is 1.16. The number of rotatable bonds is 10. The van der Waals surface area contributed by atoms with E-state index in [1.165, 1.54) is 18.2 Å². The van der Waals surface area contributed by atoms with Gasteiger partial charge in [-0.2, -0.15) is 4.31 Å². The highest BCUT2D eigenvalue weighted by atomic mass is 32.2. The van der Waals surface area contributed by atoms with Crippen molar-refractivity contribution in [2.24, 2.45) is 0 Å². The molecule has 2 aromatic carbocycles. The number of aliphatic hydroxyl groups excluding tert-OH is 3. The number of sulfonamides is 1. The maximum absolute atomic E-state index is 13.0. The fraction of sp³-hybridized carbons (Fsp3) is 0.273. The van der Waals surface area contributed by atoms with Crippen LogP contribution in [0, 0.1) is 0 Å². The number of furan rings is 1. The second kappa shape index (κ2) is 9.52. The van der Waals surface area contributed by atoms with Gasteiger partial charge in [0.15, 0.2) is 0 Å². The van der Waals surface area contributed by atoms with E-state index in [0.29, 0.717) is 27.6 Å².